The van der Waals surface area contributed by atoms with Crippen LogP contribution < -0.4 is 4.74 Å². The molecule has 2 unspecified atom stereocenters. The first-order valence-electron chi connectivity index (χ1n) is 7.97. The maximum Gasteiger partial charge on any atom is 0.310 e. The zero-order chi connectivity index (χ0) is 17.5. The number of ether oxygens (including phenoxy) is 2. The molecule has 23 heavy (non-hydrogen) atoms. The summed E-state index contributed by atoms with van der Waals surface area (Å²) >= 11 is 0. The molecular weight excluding hydrogens is 288 g/mol. The van der Waals surface area contributed by atoms with Crippen molar-refractivity contribution in [2.75, 3.05) is 13.7 Å². The number of esters is 1. The van der Waals surface area contributed by atoms with Crippen LogP contribution in [-0.2, 0) is 14.9 Å². The number of hydrogen-bond donors (Lipinski definition) is 0. The Morgan fingerprint density at radius 1 is 1.30 bits per heavy atom. The summed E-state index contributed by atoms with van der Waals surface area (Å²) in [6.45, 7) is 12.3. The van der Waals surface area contributed by atoms with Crippen LogP contribution in [0.2, 0.25) is 0 Å². The second kappa shape index (κ2) is 8.56. The fourth-order valence-electron chi connectivity index (χ4n) is 2.59. The highest BCUT2D eigenvalue weighted by Gasteiger charge is 2.38. The van der Waals surface area contributed by atoms with Gasteiger partial charge in [0.1, 0.15) is 5.75 Å². The minimum atomic E-state index is -0.509. The number of carbonyl (C=O) groups excluding carboxylic acids is 1. The summed E-state index contributed by atoms with van der Waals surface area (Å²) in [5.41, 5.74) is 1.69. The Morgan fingerprint density at radius 3 is 2.35 bits per heavy atom. The van der Waals surface area contributed by atoms with Gasteiger partial charge in [0.25, 0.3) is 0 Å². The molecule has 0 saturated heterocycles. The van der Waals surface area contributed by atoms with Gasteiger partial charge in [-0.1, -0.05) is 36.8 Å². The van der Waals surface area contributed by atoms with E-state index < -0.39 is 5.41 Å². The summed E-state index contributed by atoms with van der Waals surface area (Å²) in [6.07, 6.45) is 4.54. The van der Waals surface area contributed by atoms with Crippen molar-refractivity contribution in [2.45, 2.75) is 39.5 Å². The van der Waals surface area contributed by atoms with E-state index in [9.17, 15) is 4.79 Å². The number of carbonyl (C=O) groups is 1. The maximum atomic E-state index is 12.5. The second-order valence-electron chi connectivity index (χ2n) is 6.04. The van der Waals surface area contributed by atoms with E-state index in [0.717, 1.165) is 11.3 Å². The molecule has 0 N–H and O–H groups in total. The van der Waals surface area contributed by atoms with Crippen LogP contribution in [0, 0.1) is 5.92 Å². The Morgan fingerprint density at radius 2 is 1.91 bits per heavy atom. The Kier molecular flexibility index (Phi) is 7.08. The quantitative estimate of drug-likeness (QED) is 0.516. The smallest absolute Gasteiger partial charge is 0.310 e. The lowest BCUT2D eigenvalue weighted by Crippen LogP contribution is -2.36. The van der Waals surface area contributed by atoms with Crippen molar-refractivity contribution in [1.82, 2.24) is 0 Å². The molecule has 1 aromatic rings. The zero-order valence-electron chi connectivity index (χ0n) is 14.9. The van der Waals surface area contributed by atoms with Gasteiger partial charge < -0.3 is 9.47 Å². The first kappa shape index (κ1) is 19.0. The van der Waals surface area contributed by atoms with Gasteiger partial charge in [-0.2, -0.15) is 0 Å². The lowest BCUT2D eigenvalue weighted by Gasteiger charge is -2.34. The number of methoxy groups -OCH3 is 1. The van der Waals surface area contributed by atoms with Crippen LogP contribution >= 0.6 is 0 Å². The number of hydrogen-bond acceptors (Lipinski definition) is 3. The van der Waals surface area contributed by atoms with Crippen molar-refractivity contribution in [2.24, 2.45) is 5.92 Å². The molecule has 0 radical (unpaired) electrons. The Labute approximate surface area is 140 Å². The van der Waals surface area contributed by atoms with Crippen molar-refractivity contribution in [3.05, 3.63) is 54.1 Å². The molecule has 2 atom stereocenters. The van der Waals surface area contributed by atoms with E-state index in [0.29, 0.717) is 13.0 Å². The Bertz CT molecular complexity index is 553. The van der Waals surface area contributed by atoms with Crippen LogP contribution in [-0.4, -0.2) is 19.7 Å². The molecule has 1 aromatic carbocycles. The zero-order valence-corrected chi connectivity index (χ0v) is 14.9. The van der Waals surface area contributed by atoms with Crippen LogP contribution in [0.4, 0.5) is 0 Å². The van der Waals surface area contributed by atoms with Crippen molar-refractivity contribution < 1.29 is 14.3 Å². The molecule has 0 amide bonds. The van der Waals surface area contributed by atoms with E-state index in [-0.39, 0.29) is 11.9 Å². The lowest BCUT2D eigenvalue weighted by atomic mass is 9.70. The third kappa shape index (κ3) is 4.72. The SMILES string of the molecule is C=CC(C)(c1ccc(OC)cc1)C(CC=C(C)C)C(=O)OCC. The third-order valence-electron chi connectivity index (χ3n) is 4.19. The topological polar surface area (TPSA) is 35.5 Å². The summed E-state index contributed by atoms with van der Waals surface area (Å²) in [6, 6.07) is 7.77. The summed E-state index contributed by atoms with van der Waals surface area (Å²) < 4.78 is 10.5. The molecule has 1 rings (SSSR count). The van der Waals surface area contributed by atoms with Crippen LogP contribution in [0.25, 0.3) is 0 Å². The molecule has 0 aliphatic heterocycles. The first-order chi connectivity index (χ1) is 10.9. The molecule has 3 heteroatoms. The fourth-order valence-corrected chi connectivity index (χ4v) is 2.59. The van der Waals surface area contributed by atoms with Gasteiger partial charge in [-0.3, -0.25) is 4.79 Å². The van der Waals surface area contributed by atoms with Gasteiger partial charge in [0, 0.05) is 5.41 Å². The van der Waals surface area contributed by atoms with E-state index in [1.54, 1.807) is 7.11 Å². The number of rotatable bonds is 8. The minimum Gasteiger partial charge on any atom is -0.497 e. The molecule has 0 saturated carbocycles. The summed E-state index contributed by atoms with van der Waals surface area (Å²) in [5, 5.41) is 0. The normalized spacial score (nSPS) is 14.3. The first-order valence-corrected chi connectivity index (χ1v) is 7.97. The van der Waals surface area contributed by atoms with Crippen LogP contribution in [0.5, 0.6) is 5.75 Å². The average molecular weight is 316 g/mol. The van der Waals surface area contributed by atoms with Gasteiger partial charge in [0.15, 0.2) is 0 Å². The largest absolute Gasteiger partial charge is 0.497 e. The minimum absolute atomic E-state index is 0.191. The van der Waals surface area contributed by atoms with Gasteiger partial charge in [-0.05, 0) is 44.9 Å². The second-order valence-corrected chi connectivity index (χ2v) is 6.04. The molecule has 3 nitrogen and oxygen atoms in total. The standard InChI is InChI=1S/C20H28O3/c1-7-20(5,16-10-12-17(22-6)13-11-16)18(14-9-15(3)4)19(21)23-8-2/h7,9-13,18H,1,8,14H2,2-6H3. The van der Waals surface area contributed by atoms with Gasteiger partial charge in [-0.25, -0.2) is 0 Å². The van der Waals surface area contributed by atoms with Gasteiger partial charge >= 0.3 is 5.97 Å². The predicted molar refractivity (Wildman–Crippen MR) is 94.7 cm³/mol. The summed E-state index contributed by atoms with van der Waals surface area (Å²) in [4.78, 5) is 12.5. The van der Waals surface area contributed by atoms with Crippen LogP contribution in [0.1, 0.15) is 39.7 Å². The molecule has 0 spiro atoms. The molecule has 0 aliphatic rings. The summed E-state index contributed by atoms with van der Waals surface area (Å²) in [7, 11) is 1.64. The molecular formula is C20H28O3. The van der Waals surface area contributed by atoms with Crippen LogP contribution in [0.15, 0.2) is 48.6 Å². The third-order valence-corrected chi connectivity index (χ3v) is 4.19. The van der Waals surface area contributed by atoms with E-state index in [4.69, 9.17) is 9.47 Å². The van der Waals surface area contributed by atoms with Gasteiger partial charge in [-0.15, -0.1) is 6.58 Å². The predicted octanol–water partition coefficient (Wildman–Crippen LogP) is 4.67. The van der Waals surface area contributed by atoms with Crippen molar-refractivity contribution in [1.29, 1.82) is 0 Å². The Hall–Kier alpha value is -2.03. The molecule has 0 bridgehead atoms. The molecule has 0 aliphatic carbocycles. The van der Waals surface area contributed by atoms with Crippen molar-refractivity contribution in [3.63, 3.8) is 0 Å². The van der Waals surface area contributed by atoms with Crippen LogP contribution in [0.3, 0.4) is 0 Å². The van der Waals surface area contributed by atoms with Crippen molar-refractivity contribution in [3.8, 4) is 5.75 Å². The fraction of sp³-hybridized carbons (Fsp3) is 0.450. The van der Waals surface area contributed by atoms with Gasteiger partial charge in [0.05, 0.1) is 19.6 Å². The number of allylic oxidation sites excluding steroid dienone is 3. The molecule has 0 heterocycles. The monoisotopic (exact) mass is 316 g/mol. The molecule has 0 fully saturated rings. The lowest BCUT2D eigenvalue weighted by molar-refractivity contribution is -0.149. The average Bonchev–Trinajstić information content (AvgIpc) is 2.54. The maximum absolute atomic E-state index is 12.5. The highest BCUT2D eigenvalue weighted by molar-refractivity contribution is 5.75. The highest BCUT2D eigenvalue weighted by atomic mass is 16.5. The van der Waals surface area contributed by atoms with E-state index in [1.165, 1.54) is 5.57 Å². The highest BCUT2D eigenvalue weighted by Crippen LogP contribution is 2.37. The van der Waals surface area contributed by atoms with Gasteiger partial charge in [0.2, 0.25) is 0 Å². The summed E-state index contributed by atoms with van der Waals surface area (Å²) in [5.74, 6) is 0.281. The van der Waals surface area contributed by atoms with E-state index in [1.807, 2.05) is 58.0 Å². The molecule has 126 valence electrons. The van der Waals surface area contributed by atoms with E-state index in [2.05, 4.69) is 12.7 Å². The molecule has 0 aromatic heterocycles. The van der Waals surface area contributed by atoms with Crippen molar-refractivity contribution >= 4 is 5.97 Å². The number of benzene rings is 1. The van der Waals surface area contributed by atoms with E-state index >= 15 is 0 Å². The Balaban J connectivity index is 3.26.